The first-order valence-electron chi connectivity index (χ1n) is 6.08. The molecule has 6 heteroatoms. The van der Waals surface area contributed by atoms with Gasteiger partial charge < -0.3 is 4.90 Å². The maximum Gasteiger partial charge on any atom is 0.149 e. The molecule has 2 aromatic rings. The third-order valence-corrected chi connectivity index (χ3v) is 4.32. The molecule has 0 aliphatic carbocycles. The second kappa shape index (κ2) is 6.43. The maximum atomic E-state index is 4.41. The number of aryl methyl sites for hydroxylation is 1. The van der Waals surface area contributed by atoms with Gasteiger partial charge in [-0.25, -0.2) is 9.97 Å². The summed E-state index contributed by atoms with van der Waals surface area (Å²) < 4.78 is 4.35. The van der Waals surface area contributed by atoms with Gasteiger partial charge in [-0.3, -0.25) is 0 Å². The summed E-state index contributed by atoms with van der Waals surface area (Å²) in [6.07, 6.45) is 5.28. The fourth-order valence-corrected chi connectivity index (χ4v) is 3.06. The summed E-state index contributed by atoms with van der Waals surface area (Å²) in [5.41, 5.74) is 1.03. The Morgan fingerprint density at radius 1 is 1.28 bits per heavy atom. The van der Waals surface area contributed by atoms with Crippen LogP contribution in [0.2, 0.25) is 0 Å². The van der Waals surface area contributed by atoms with E-state index in [1.165, 1.54) is 30.8 Å². The lowest BCUT2D eigenvalue weighted by Gasteiger charge is -2.18. The summed E-state index contributed by atoms with van der Waals surface area (Å²) in [4.78, 5) is 11.9. The molecule has 0 aliphatic heterocycles. The van der Waals surface area contributed by atoms with Crippen LogP contribution >= 0.6 is 27.5 Å². The van der Waals surface area contributed by atoms with Crippen molar-refractivity contribution >= 4 is 43.5 Å². The monoisotopic (exact) mass is 328 g/mol. The largest absolute Gasteiger partial charge is 0.359 e. The number of rotatable bonds is 6. The molecule has 0 N–H and O–H groups in total. The summed E-state index contributed by atoms with van der Waals surface area (Å²) in [6, 6.07) is 0. The number of fused-ring (bicyclic) bond motifs is 1. The molecule has 0 atom stereocenters. The van der Waals surface area contributed by atoms with Crippen molar-refractivity contribution in [2.45, 2.75) is 26.2 Å². The summed E-state index contributed by atoms with van der Waals surface area (Å²) in [5, 5.41) is 2.19. The molecule has 18 heavy (non-hydrogen) atoms. The van der Waals surface area contributed by atoms with Crippen LogP contribution in [-0.2, 0) is 0 Å². The molecule has 2 rings (SSSR count). The van der Waals surface area contributed by atoms with E-state index in [4.69, 9.17) is 0 Å². The van der Waals surface area contributed by atoms with E-state index in [-0.39, 0.29) is 0 Å². The molecule has 0 bridgehead atoms. The molecule has 4 nitrogen and oxygen atoms in total. The Kier molecular flexibility index (Phi) is 4.88. The number of hydrogen-bond acceptors (Lipinski definition) is 5. The minimum absolute atomic E-state index is 0.977. The molecule has 0 unspecified atom stereocenters. The maximum absolute atomic E-state index is 4.41. The van der Waals surface area contributed by atoms with Gasteiger partial charge in [0.2, 0.25) is 0 Å². The van der Waals surface area contributed by atoms with Gasteiger partial charge in [0.15, 0.2) is 0 Å². The van der Waals surface area contributed by atoms with E-state index in [9.17, 15) is 0 Å². The fourth-order valence-electron chi connectivity index (χ4n) is 1.92. The van der Waals surface area contributed by atoms with Crippen LogP contribution in [0.15, 0.2) is 6.33 Å². The first-order chi connectivity index (χ1) is 8.74. The molecule has 98 valence electrons. The molecule has 0 aromatic carbocycles. The van der Waals surface area contributed by atoms with Gasteiger partial charge in [0, 0.05) is 18.9 Å². The number of hydrogen-bond donors (Lipinski definition) is 0. The molecule has 2 aromatic heterocycles. The van der Waals surface area contributed by atoms with Crippen molar-refractivity contribution in [1.29, 1.82) is 0 Å². The van der Waals surface area contributed by atoms with Crippen LogP contribution in [0.25, 0.3) is 10.2 Å². The van der Waals surface area contributed by atoms with Gasteiger partial charge in [0.25, 0.3) is 0 Å². The molecule has 0 saturated heterocycles. The van der Waals surface area contributed by atoms with Gasteiger partial charge in [-0.2, -0.15) is 4.37 Å². The predicted octanol–water partition coefficient (Wildman–Crippen LogP) is 3.40. The average Bonchev–Trinajstić information content (AvgIpc) is 2.76. The molecule has 0 fully saturated rings. The van der Waals surface area contributed by atoms with Gasteiger partial charge in [-0.05, 0) is 31.3 Å². The second-order valence-corrected chi connectivity index (χ2v) is 5.86. The zero-order valence-corrected chi connectivity index (χ0v) is 13.1. The number of unbranched alkanes of at least 4 members (excludes halogenated alkanes) is 2. The van der Waals surface area contributed by atoms with Crippen LogP contribution in [-0.4, -0.2) is 33.3 Å². The Hall–Kier alpha value is -0.750. The van der Waals surface area contributed by atoms with E-state index in [1.54, 1.807) is 6.33 Å². The number of nitrogens with zero attached hydrogens (tertiary/aromatic N) is 4. The second-order valence-electron chi connectivity index (χ2n) is 4.32. The first kappa shape index (κ1) is 13.7. The SMILES string of the molecule is Cc1nsc2ncnc(N(C)CCCCCBr)c12. The number of aromatic nitrogens is 3. The molecular formula is C12H17BrN4S. The quantitative estimate of drug-likeness (QED) is 0.602. The molecular weight excluding hydrogens is 312 g/mol. The van der Waals surface area contributed by atoms with Crippen molar-refractivity contribution in [1.82, 2.24) is 14.3 Å². The number of halogens is 1. The van der Waals surface area contributed by atoms with Crippen LogP contribution in [0.4, 0.5) is 5.82 Å². The zero-order valence-electron chi connectivity index (χ0n) is 10.7. The highest BCUT2D eigenvalue weighted by Crippen LogP contribution is 2.27. The molecule has 0 amide bonds. The van der Waals surface area contributed by atoms with Gasteiger partial charge in [0.1, 0.15) is 17.0 Å². The van der Waals surface area contributed by atoms with Crippen LogP contribution in [0, 0.1) is 6.92 Å². The van der Waals surface area contributed by atoms with Gasteiger partial charge >= 0.3 is 0 Å². The summed E-state index contributed by atoms with van der Waals surface area (Å²) in [6.45, 7) is 3.04. The average molecular weight is 329 g/mol. The van der Waals surface area contributed by atoms with Crippen molar-refractivity contribution in [3.05, 3.63) is 12.0 Å². The van der Waals surface area contributed by atoms with E-state index >= 15 is 0 Å². The topological polar surface area (TPSA) is 41.9 Å². The summed E-state index contributed by atoms with van der Waals surface area (Å²) in [5.74, 6) is 1.00. The molecule has 0 radical (unpaired) electrons. The van der Waals surface area contributed by atoms with Crippen LogP contribution in [0.1, 0.15) is 25.0 Å². The van der Waals surface area contributed by atoms with Crippen molar-refractivity contribution < 1.29 is 0 Å². The van der Waals surface area contributed by atoms with Crippen molar-refractivity contribution in [3.8, 4) is 0 Å². The summed E-state index contributed by atoms with van der Waals surface area (Å²) >= 11 is 4.90. The van der Waals surface area contributed by atoms with Crippen molar-refractivity contribution in [2.24, 2.45) is 0 Å². The van der Waals surface area contributed by atoms with Gasteiger partial charge in [0.05, 0.1) is 11.1 Å². The highest BCUT2D eigenvalue weighted by atomic mass is 79.9. The lowest BCUT2D eigenvalue weighted by Crippen LogP contribution is -2.20. The molecule has 2 heterocycles. The third-order valence-electron chi connectivity index (χ3n) is 2.91. The normalized spacial score (nSPS) is 11.1. The minimum atomic E-state index is 0.977. The van der Waals surface area contributed by atoms with Crippen LogP contribution < -0.4 is 4.90 Å². The minimum Gasteiger partial charge on any atom is -0.359 e. The Balaban J connectivity index is 2.12. The Bertz CT molecular complexity index is 514. The van der Waals surface area contributed by atoms with Gasteiger partial charge in [-0.15, -0.1) is 0 Å². The number of alkyl halides is 1. The van der Waals surface area contributed by atoms with E-state index in [0.717, 1.165) is 33.6 Å². The van der Waals surface area contributed by atoms with E-state index in [1.807, 2.05) is 6.92 Å². The smallest absolute Gasteiger partial charge is 0.149 e. The highest BCUT2D eigenvalue weighted by molar-refractivity contribution is 9.09. The van der Waals surface area contributed by atoms with Crippen molar-refractivity contribution in [3.63, 3.8) is 0 Å². The van der Waals surface area contributed by atoms with E-state index in [0.29, 0.717) is 0 Å². The van der Waals surface area contributed by atoms with Crippen molar-refractivity contribution in [2.75, 3.05) is 23.8 Å². The third kappa shape index (κ3) is 2.98. The molecule has 0 spiro atoms. The van der Waals surface area contributed by atoms with Crippen LogP contribution in [0.3, 0.4) is 0 Å². The Morgan fingerprint density at radius 2 is 2.11 bits per heavy atom. The Labute approximate surface area is 120 Å². The highest BCUT2D eigenvalue weighted by Gasteiger charge is 2.13. The standard InChI is InChI=1S/C12H17BrN4S/c1-9-10-11(14-8-15-12(10)18-16-9)17(2)7-5-3-4-6-13/h8H,3-7H2,1-2H3. The zero-order chi connectivity index (χ0) is 13.0. The summed E-state index contributed by atoms with van der Waals surface area (Å²) in [7, 11) is 2.09. The Morgan fingerprint density at radius 3 is 2.89 bits per heavy atom. The first-order valence-corrected chi connectivity index (χ1v) is 7.97. The van der Waals surface area contributed by atoms with E-state index in [2.05, 4.69) is 42.2 Å². The fraction of sp³-hybridized carbons (Fsp3) is 0.583. The van der Waals surface area contributed by atoms with Crippen LogP contribution in [0.5, 0.6) is 0 Å². The van der Waals surface area contributed by atoms with Gasteiger partial charge in [-0.1, -0.05) is 22.4 Å². The number of anilines is 1. The molecule has 0 saturated carbocycles. The lowest BCUT2D eigenvalue weighted by atomic mass is 10.2. The predicted molar refractivity (Wildman–Crippen MR) is 80.9 cm³/mol. The molecule has 0 aliphatic rings. The lowest BCUT2D eigenvalue weighted by molar-refractivity contribution is 0.708. The van der Waals surface area contributed by atoms with E-state index < -0.39 is 0 Å².